The molecule has 1 aromatic heterocycles. The molecule has 0 fully saturated rings. The second-order valence-corrected chi connectivity index (χ2v) is 7.48. The van der Waals surface area contributed by atoms with Crippen molar-refractivity contribution in [3.8, 4) is 0 Å². The molecule has 0 aliphatic rings. The van der Waals surface area contributed by atoms with Crippen LogP contribution in [0.3, 0.4) is 0 Å². The van der Waals surface area contributed by atoms with Gasteiger partial charge in [-0.3, -0.25) is 14.4 Å². The maximum atomic E-state index is 12.5. The largest absolute Gasteiger partial charge is 0.323 e. The molecule has 0 saturated carbocycles. The number of nitrogens with one attached hydrogen (secondary N) is 2. The standard InChI is InChI=1S/C21H18Cl2N4O3/c1-12-3-5-15(9-13(12)2)24-21(30)17-7-8-20(29)27(26-17)11-19(28)25-18-10-14(22)4-6-16(18)23/h3-10H,11H2,1-2H3,(H,24,30)(H,25,28). The van der Waals surface area contributed by atoms with E-state index in [9.17, 15) is 14.4 Å². The number of rotatable bonds is 5. The number of hydrogen-bond acceptors (Lipinski definition) is 4. The molecule has 0 aliphatic heterocycles. The van der Waals surface area contributed by atoms with Crippen LogP contribution in [0.1, 0.15) is 21.6 Å². The van der Waals surface area contributed by atoms with Crippen molar-refractivity contribution in [1.29, 1.82) is 0 Å². The third kappa shape index (κ3) is 5.25. The molecule has 0 radical (unpaired) electrons. The lowest BCUT2D eigenvalue weighted by Crippen LogP contribution is -2.31. The van der Waals surface area contributed by atoms with Crippen LogP contribution in [-0.4, -0.2) is 21.6 Å². The van der Waals surface area contributed by atoms with Crippen molar-refractivity contribution in [1.82, 2.24) is 9.78 Å². The van der Waals surface area contributed by atoms with Crippen LogP contribution >= 0.6 is 23.2 Å². The second kappa shape index (κ2) is 9.11. The zero-order valence-electron chi connectivity index (χ0n) is 16.2. The number of nitrogens with zero attached hydrogens (tertiary/aromatic N) is 2. The number of benzene rings is 2. The predicted molar refractivity (Wildman–Crippen MR) is 117 cm³/mol. The van der Waals surface area contributed by atoms with Gasteiger partial charge in [0.15, 0.2) is 0 Å². The molecule has 2 amide bonds. The third-order valence-electron chi connectivity index (χ3n) is 4.36. The first-order chi connectivity index (χ1) is 14.2. The molecule has 154 valence electrons. The number of halogens is 2. The number of aryl methyl sites for hydroxylation is 2. The van der Waals surface area contributed by atoms with E-state index >= 15 is 0 Å². The quantitative estimate of drug-likeness (QED) is 0.620. The fourth-order valence-corrected chi connectivity index (χ4v) is 2.95. The van der Waals surface area contributed by atoms with Crippen LogP contribution in [0.5, 0.6) is 0 Å². The lowest BCUT2D eigenvalue weighted by Gasteiger charge is -2.10. The summed E-state index contributed by atoms with van der Waals surface area (Å²) >= 11 is 11.9. The second-order valence-electron chi connectivity index (χ2n) is 6.64. The van der Waals surface area contributed by atoms with E-state index in [0.29, 0.717) is 21.4 Å². The molecule has 0 atom stereocenters. The van der Waals surface area contributed by atoms with Crippen molar-refractivity contribution >= 4 is 46.4 Å². The third-order valence-corrected chi connectivity index (χ3v) is 4.92. The zero-order chi connectivity index (χ0) is 21.8. The van der Waals surface area contributed by atoms with Crippen LogP contribution in [0.2, 0.25) is 10.0 Å². The molecular weight excluding hydrogens is 427 g/mol. The van der Waals surface area contributed by atoms with Crippen LogP contribution < -0.4 is 16.2 Å². The minimum absolute atomic E-state index is 0.00131. The van der Waals surface area contributed by atoms with Crippen molar-refractivity contribution in [3.05, 3.63) is 85.8 Å². The number of amides is 2. The highest BCUT2D eigenvalue weighted by Gasteiger charge is 2.13. The van der Waals surface area contributed by atoms with Gasteiger partial charge in [0.05, 0.1) is 10.7 Å². The van der Waals surface area contributed by atoms with Gasteiger partial charge in [-0.05, 0) is 61.4 Å². The smallest absolute Gasteiger partial charge is 0.276 e. The van der Waals surface area contributed by atoms with Crippen LogP contribution in [0, 0.1) is 13.8 Å². The first-order valence-corrected chi connectivity index (χ1v) is 9.70. The van der Waals surface area contributed by atoms with E-state index in [-0.39, 0.29) is 5.69 Å². The Bertz CT molecular complexity index is 1190. The molecular formula is C21H18Cl2N4O3. The summed E-state index contributed by atoms with van der Waals surface area (Å²) in [6, 6.07) is 12.6. The minimum Gasteiger partial charge on any atom is -0.323 e. The normalized spacial score (nSPS) is 10.5. The molecule has 2 aromatic carbocycles. The zero-order valence-corrected chi connectivity index (χ0v) is 17.7. The van der Waals surface area contributed by atoms with Gasteiger partial charge in [0.2, 0.25) is 5.91 Å². The highest BCUT2D eigenvalue weighted by molar-refractivity contribution is 6.35. The van der Waals surface area contributed by atoms with E-state index in [0.717, 1.165) is 15.8 Å². The van der Waals surface area contributed by atoms with Crippen molar-refractivity contribution in [2.75, 3.05) is 10.6 Å². The van der Waals surface area contributed by atoms with Crippen LogP contribution in [0.15, 0.2) is 53.3 Å². The lowest BCUT2D eigenvalue weighted by atomic mass is 10.1. The van der Waals surface area contributed by atoms with Gasteiger partial charge in [0.25, 0.3) is 11.5 Å². The van der Waals surface area contributed by atoms with Gasteiger partial charge in [-0.15, -0.1) is 0 Å². The monoisotopic (exact) mass is 444 g/mol. The molecule has 0 spiro atoms. The SMILES string of the molecule is Cc1ccc(NC(=O)c2ccc(=O)n(CC(=O)Nc3cc(Cl)ccc3Cl)n2)cc1C. The molecule has 1 heterocycles. The Kier molecular flexibility index (Phi) is 6.54. The first kappa shape index (κ1) is 21.5. The maximum Gasteiger partial charge on any atom is 0.276 e. The Morgan fingerprint density at radius 1 is 0.967 bits per heavy atom. The van der Waals surface area contributed by atoms with Gasteiger partial charge in [-0.2, -0.15) is 5.10 Å². The van der Waals surface area contributed by atoms with Gasteiger partial charge in [0, 0.05) is 16.8 Å². The molecule has 3 rings (SSSR count). The van der Waals surface area contributed by atoms with E-state index in [4.69, 9.17) is 23.2 Å². The molecule has 3 aromatic rings. The van der Waals surface area contributed by atoms with Crippen molar-refractivity contribution < 1.29 is 9.59 Å². The van der Waals surface area contributed by atoms with Gasteiger partial charge < -0.3 is 10.6 Å². The number of carbonyl (C=O) groups excluding carboxylic acids is 2. The van der Waals surface area contributed by atoms with E-state index in [1.165, 1.54) is 18.2 Å². The molecule has 0 unspecified atom stereocenters. The van der Waals surface area contributed by atoms with E-state index in [1.54, 1.807) is 18.2 Å². The summed E-state index contributed by atoms with van der Waals surface area (Å²) in [4.78, 5) is 36.9. The first-order valence-electron chi connectivity index (χ1n) is 8.94. The molecule has 7 nitrogen and oxygen atoms in total. The Balaban J connectivity index is 1.75. The molecule has 9 heteroatoms. The minimum atomic E-state index is -0.541. The average molecular weight is 445 g/mol. The van der Waals surface area contributed by atoms with Crippen molar-refractivity contribution in [3.63, 3.8) is 0 Å². The molecule has 30 heavy (non-hydrogen) atoms. The summed E-state index contributed by atoms with van der Waals surface area (Å²) in [6.07, 6.45) is 0. The Labute approximate surface area is 182 Å². The maximum absolute atomic E-state index is 12.5. The van der Waals surface area contributed by atoms with Crippen LogP contribution in [0.25, 0.3) is 0 Å². The molecule has 0 bridgehead atoms. The number of anilines is 2. The topological polar surface area (TPSA) is 93.1 Å². The fraction of sp³-hybridized carbons (Fsp3) is 0.143. The summed E-state index contributed by atoms with van der Waals surface area (Å²) in [5.74, 6) is -1.04. The summed E-state index contributed by atoms with van der Waals surface area (Å²) in [7, 11) is 0. The van der Waals surface area contributed by atoms with E-state index in [2.05, 4.69) is 15.7 Å². The van der Waals surface area contributed by atoms with Crippen LogP contribution in [0.4, 0.5) is 11.4 Å². The Morgan fingerprint density at radius 3 is 2.47 bits per heavy atom. The molecule has 2 N–H and O–H groups in total. The van der Waals surface area contributed by atoms with E-state index < -0.39 is 23.9 Å². The fourth-order valence-electron chi connectivity index (χ4n) is 2.62. The molecule has 0 aliphatic carbocycles. The summed E-state index contributed by atoms with van der Waals surface area (Å²) in [6.45, 7) is 3.51. The van der Waals surface area contributed by atoms with Gasteiger partial charge in [0.1, 0.15) is 12.2 Å². The Morgan fingerprint density at radius 2 is 1.73 bits per heavy atom. The van der Waals surface area contributed by atoms with Crippen molar-refractivity contribution in [2.24, 2.45) is 0 Å². The average Bonchev–Trinajstić information content (AvgIpc) is 2.69. The molecule has 0 saturated heterocycles. The van der Waals surface area contributed by atoms with Gasteiger partial charge >= 0.3 is 0 Å². The highest BCUT2D eigenvalue weighted by atomic mass is 35.5. The number of carbonyl (C=O) groups is 2. The summed E-state index contributed by atoms with van der Waals surface area (Å²) in [5, 5.41) is 10.0. The summed E-state index contributed by atoms with van der Waals surface area (Å²) in [5.41, 5.74) is 2.53. The van der Waals surface area contributed by atoms with Crippen molar-refractivity contribution in [2.45, 2.75) is 20.4 Å². The van der Waals surface area contributed by atoms with Gasteiger partial charge in [-0.25, -0.2) is 4.68 Å². The predicted octanol–water partition coefficient (Wildman–Crippen LogP) is 4.06. The highest BCUT2D eigenvalue weighted by Crippen LogP contribution is 2.25. The number of hydrogen-bond donors (Lipinski definition) is 2. The van der Waals surface area contributed by atoms with E-state index in [1.807, 2.05) is 26.0 Å². The van der Waals surface area contributed by atoms with Crippen LogP contribution in [-0.2, 0) is 11.3 Å². The summed E-state index contributed by atoms with van der Waals surface area (Å²) < 4.78 is 0.906. The lowest BCUT2D eigenvalue weighted by molar-refractivity contribution is -0.117. The Hall–Kier alpha value is -3.16. The van der Waals surface area contributed by atoms with Gasteiger partial charge in [-0.1, -0.05) is 29.3 Å². The number of aromatic nitrogens is 2.